The summed E-state index contributed by atoms with van der Waals surface area (Å²) in [7, 11) is 0. The van der Waals surface area contributed by atoms with Gasteiger partial charge in [-0.15, -0.1) is 0 Å². The number of benzene rings is 1. The van der Waals surface area contributed by atoms with Crippen molar-refractivity contribution >= 4 is 39.7 Å². The van der Waals surface area contributed by atoms with E-state index in [4.69, 9.17) is 0 Å². The topological polar surface area (TPSA) is 62.5 Å². The molecule has 1 aliphatic heterocycles. The van der Waals surface area contributed by atoms with Crippen molar-refractivity contribution < 1.29 is 0 Å². The van der Waals surface area contributed by atoms with Crippen LogP contribution in [0.15, 0.2) is 56.9 Å². The molecule has 0 fully saturated rings. The summed E-state index contributed by atoms with van der Waals surface area (Å²) >= 11 is 3.48. The molecule has 4 rings (SSSR count). The maximum Gasteiger partial charge on any atom is 0.116 e. The summed E-state index contributed by atoms with van der Waals surface area (Å²) in [6.07, 6.45) is 6.91. The monoisotopic (exact) mass is 339 g/mol. The van der Waals surface area contributed by atoms with Gasteiger partial charge in [0.05, 0.1) is 17.1 Å². The van der Waals surface area contributed by atoms with Gasteiger partial charge in [0.2, 0.25) is 0 Å². The third-order valence-electron chi connectivity index (χ3n) is 3.40. The maximum absolute atomic E-state index is 4.41. The van der Waals surface area contributed by atoms with E-state index in [1.807, 2.05) is 30.3 Å². The third kappa shape index (κ3) is 2.17. The number of fused-ring (bicyclic) bond motifs is 2. The first-order valence-corrected chi connectivity index (χ1v) is 7.25. The summed E-state index contributed by atoms with van der Waals surface area (Å²) in [5.41, 5.74) is 4.64. The first-order valence-electron chi connectivity index (χ1n) is 6.45. The molecule has 1 aliphatic carbocycles. The fourth-order valence-corrected chi connectivity index (χ4v) is 2.88. The van der Waals surface area contributed by atoms with Crippen molar-refractivity contribution in [2.45, 2.75) is 6.04 Å². The highest BCUT2D eigenvalue weighted by Crippen LogP contribution is 2.33. The first kappa shape index (κ1) is 12.4. The molecule has 1 N–H and O–H groups in total. The largest absolute Gasteiger partial charge is 0.371 e. The second-order valence-electron chi connectivity index (χ2n) is 4.74. The van der Waals surface area contributed by atoms with Gasteiger partial charge >= 0.3 is 0 Å². The molecule has 1 aromatic heterocycles. The SMILES string of the molecule is Brc1cccc(NC2C3=NC=NC3=Cc3cncnc32)c1. The predicted molar refractivity (Wildman–Crippen MR) is 86.4 cm³/mol. The highest BCUT2D eigenvalue weighted by molar-refractivity contribution is 9.10. The molecule has 0 saturated heterocycles. The smallest absolute Gasteiger partial charge is 0.116 e. The van der Waals surface area contributed by atoms with Crippen LogP contribution >= 0.6 is 15.9 Å². The minimum absolute atomic E-state index is 0.125. The number of hydrogen-bond donors (Lipinski definition) is 1. The van der Waals surface area contributed by atoms with E-state index < -0.39 is 0 Å². The number of anilines is 1. The van der Waals surface area contributed by atoms with Gasteiger partial charge in [-0.3, -0.25) is 0 Å². The van der Waals surface area contributed by atoms with Crippen molar-refractivity contribution in [3.8, 4) is 0 Å². The number of nitrogens with zero attached hydrogens (tertiary/aromatic N) is 4. The molecule has 0 radical (unpaired) electrons. The van der Waals surface area contributed by atoms with Crippen LogP contribution in [-0.2, 0) is 0 Å². The average molecular weight is 340 g/mol. The fraction of sp³-hybridized carbons (Fsp3) is 0.0667. The van der Waals surface area contributed by atoms with Crippen molar-refractivity contribution in [3.05, 3.63) is 58.2 Å². The van der Waals surface area contributed by atoms with Crippen molar-refractivity contribution in [1.29, 1.82) is 0 Å². The van der Waals surface area contributed by atoms with E-state index in [0.29, 0.717) is 0 Å². The zero-order valence-corrected chi connectivity index (χ0v) is 12.4. The lowest BCUT2D eigenvalue weighted by molar-refractivity contribution is 0.927. The van der Waals surface area contributed by atoms with E-state index in [1.165, 1.54) is 0 Å². The number of halogens is 1. The Kier molecular flexibility index (Phi) is 2.89. The minimum Gasteiger partial charge on any atom is -0.371 e. The van der Waals surface area contributed by atoms with Crippen LogP contribution in [0, 0.1) is 0 Å². The summed E-state index contributed by atoms with van der Waals surface area (Å²) in [6.45, 7) is 0. The Bertz CT molecular complexity index is 809. The Morgan fingerprint density at radius 3 is 3.10 bits per heavy atom. The van der Waals surface area contributed by atoms with Gasteiger partial charge in [0.25, 0.3) is 0 Å². The second-order valence-corrected chi connectivity index (χ2v) is 5.66. The molecular weight excluding hydrogens is 330 g/mol. The molecule has 0 amide bonds. The normalized spacial score (nSPS) is 18.6. The minimum atomic E-state index is -0.125. The zero-order valence-electron chi connectivity index (χ0n) is 10.9. The van der Waals surface area contributed by atoms with Gasteiger partial charge in [-0.05, 0) is 24.3 Å². The van der Waals surface area contributed by atoms with E-state index in [-0.39, 0.29) is 6.04 Å². The van der Waals surface area contributed by atoms with Gasteiger partial charge in [-0.1, -0.05) is 22.0 Å². The number of aliphatic imine (C=N–C) groups is 2. The molecule has 0 bridgehead atoms. The lowest BCUT2D eigenvalue weighted by atomic mass is 9.94. The Morgan fingerprint density at radius 2 is 2.19 bits per heavy atom. The highest BCUT2D eigenvalue weighted by Gasteiger charge is 2.30. The standard InChI is InChI=1S/C15H10BrN5/c16-10-2-1-3-11(5-10)21-15-13-9(6-17-7-19-13)4-12-14(15)20-8-18-12/h1-8,15,21H. The predicted octanol–water partition coefficient (Wildman–Crippen LogP) is 3.23. The van der Waals surface area contributed by atoms with Crippen molar-refractivity contribution in [2.24, 2.45) is 9.98 Å². The molecule has 2 heterocycles. The third-order valence-corrected chi connectivity index (χ3v) is 3.90. The average Bonchev–Trinajstić information content (AvgIpc) is 2.95. The van der Waals surface area contributed by atoms with Crippen LogP contribution in [0.2, 0.25) is 0 Å². The molecule has 102 valence electrons. The Hall–Kier alpha value is -2.34. The van der Waals surface area contributed by atoms with Crippen LogP contribution in [0.25, 0.3) is 6.08 Å². The molecule has 21 heavy (non-hydrogen) atoms. The Morgan fingerprint density at radius 1 is 1.24 bits per heavy atom. The molecule has 5 nitrogen and oxygen atoms in total. The van der Waals surface area contributed by atoms with Gasteiger partial charge in [0, 0.05) is 21.9 Å². The number of rotatable bonds is 2. The molecule has 1 atom stereocenters. The summed E-state index contributed by atoms with van der Waals surface area (Å²) < 4.78 is 1.02. The van der Waals surface area contributed by atoms with Gasteiger partial charge in [-0.25, -0.2) is 20.0 Å². The van der Waals surface area contributed by atoms with Crippen LogP contribution in [0.4, 0.5) is 5.69 Å². The van der Waals surface area contributed by atoms with Crippen LogP contribution in [0.3, 0.4) is 0 Å². The van der Waals surface area contributed by atoms with E-state index in [9.17, 15) is 0 Å². The zero-order chi connectivity index (χ0) is 14.2. The molecule has 0 saturated carbocycles. The van der Waals surface area contributed by atoms with E-state index in [2.05, 4.69) is 41.2 Å². The maximum atomic E-state index is 4.41. The number of aromatic nitrogens is 2. The van der Waals surface area contributed by atoms with Crippen LogP contribution in [0.5, 0.6) is 0 Å². The van der Waals surface area contributed by atoms with Crippen molar-refractivity contribution in [3.63, 3.8) is 0 Å². The van der Waals surface area contributed by atoms with Crippen molar-refractivity contribution in [1.82, 2.24) is 9.97 Å². The molecule has 0 spiro atoms. The molecule has 1 unspecified atom stereocenters. The highest BCUT2D eigenvalue weighted by atomic mass is 79.9. The van der Waals surface area contributed by atoms with Crippen LogP contribution in [-0.4, -0.2) is 22.0 Å². The van der Waals surface area contributed by atoms with Crippen LogP contribution < -0.4 is 5.32 Å². The summed E-state index contributed by atoms with van der Waals surface area (Å²) in [5.74, 6) is 0. The second kappa shape index (κ2) is 4.89. The van der Waals surface area contributed by atoms with Gasteiger partial charge in [-0.2, -0.15) is 0 Å². The molecule has 2 aliphatic rings. The lowest BCUT2D eigenvalue weighted by Gasteiger charge is -2.24. The Balaban J connectivity index is 1.78. The molecule has 6 heteroatoms. The van der Waals surface area contributed by atoms with Crippen LogP contribution in [0.1, 0.15) is 17.3 Å². The van der Waals surface area contributed by atoms with Gasteiger partial charge < -0.3 is 5.32 Å². The summed E-state index contributed by atoms with van der Waals surface area (Å²) in [4.78, 5) is 17.2. The molecule has 2 aromatic rings. The van der Waals surface area contributed by atoms with Crippen molar-refractivity contribution in [2.75, 3.05) is 5.32 Å². The molecular formula is C15H10BrN5. The Labute approximate surface area is 129 Å². The van der Waals surface area contributed by atoms with Gasteiger partial charge in [0.1, 0.15) is 18.7 Å². The number of hydrogen-bond acceptors (Lipinski definition) is 5. The first-order chi connectivity index (χ1) is 10.3. The van der Waals surface area contributed by atoms with E-state index in [0.717, 1.165) is 32.8 Å². The fourth-order valence-electron chi connectivity index (χ4n) is 2.48. The lowest BCUT2D eigenvalue weighted by Crippen LogP contribution is -2.26. The van der Waals surface area contributed by atoms with E-state index in [1.54, 1.807) is 18.9 Å². The summed E-state index contributed by atoms with van der Waals surface area (Å²) in [5, 5.41) is 3.48. The molecule has 1 aromatic carbocycles. The van der Waals surface area contributed by atoms with E-state index >= 15 is 0 Å². The summed E-state index contributed by atoms with van der Waals surface area (Å²) in [6, 6.07) is 7.89. The van der Waals surface area contributed by atoms with Gasteiger partial charge in [0.15, 0.2) is 0 Å². The quantitative estimate of drug-likeness (QED) is 0.913. The number of nitrogens with one attached hydrogen (secondary N) is 1.